The molecule has 204 valence electrons. The van der Waals surface area contributed by atoms with Gasteiger partial charge in [0, 0.05) is 17.6 Å². The van der Waals surface area contributed by atoms with Gasteiger partial charge in [-0.15, -0.1) is 0 Å². The fourth-order valence-electron chi connectivity index (χ4n) is 6.78. The average Bonchev–Trinajstić information content (AvgIpc) is 3.30. The van der Waals surface area contributed by atoms with Crippen molar-refractivity contribution >= 4 is 17.3 Å². The summed E-state index contributed by atoms with van der Waals surface area (Å²) in [4.78, 5) is 44.4. The average molecular weight is 519 g/mol. The van der Waals surface area contributed by atoms with Gasteiger partial charge in [-0.1, -0.05) is 67.5 Å². The Hall–Kier alpha value is -2.79. The number of rotatable bonds is 7. The second kappa shape index (κ2) is 9.44. The Morgan fingerprint density at radius 2 is 1.66 bits per heavy atom. The number of carbonyl (C=O) groups excluding carboxylic acids is 3. The van der Waals surface area contributed by atoms with E-state index in [1.807, 2.05) is 53.7 Å². The molecule has 1 N–H and O–H groups in total. The number of benzene rings is 1. The lowest BCUT2D eigenvalue weighted by Gasteiger charge is -2.59. The van der Waals surface area contributed by atoms with Gasteiger partial charge in [-0.25, -0.2) is 0 Å². The Labute approximate surface area is 227 Å². The maximum atomic E-state index is 15.0. The van der Waals surface area contributed by atoms with Crippen molar-refractivity contribution in [2.75, 3.05) is 0 Å². The zero-order valence-corrected chi connectivity index (χ0v) is 24.1. The molecule has 4 rings (SSSR count). The van der Waals surface area contributed by atoms with Crippen LogP contribution in [0.5, 0.6) is 0 Å². The van der Waals surface area contributed by atoms with Crippen LogP contribution in [0.25, 0.3) is 0 Å². The van der Waals surface area contributed by atoms with Crippen LogP contribution >= 0.6 is 0 Å². The fraction of sp³-hybridized carbons (Fsp3) is 0.545. The number of aliphatic hydroxyl groups is 1. The summed E-state index contributed by atoms with van der Waals surface area (Å²) < 4.78 is 6.40. The first kappa shape index (κ1) is 28.2. The highest BCUT2D eigenvalue weighted by atomic mass is 16.5. The molecule has 1 aliphatic heterocycles. The van der Waals surface area contributed by atoms with Crippen LogP contribution < -0.4 is 0 Å². The highest BCUT2D eigenvalue weighted by Crippen LogP contribution is 2.67. The minimum atomic E-state index is -1.88. The Morgan fingerprint density at radius 3 is 2.21 bits per heavy atom. The third-order valence-electron chi connectivity index (χ3n) is 9.16. The van der Waals surface area contributed by atoms with E-state index in [2.05, 4.69) is 6.08 Å². The van der Waals surface area contributed by atoms with E-state index in [0.29, 0.717) is 36.2 Å². The first-order valence-corrected chi connectivity index (χ1v) is 13.7. The van der Waals surface area contributed by atoms with Gasteiger partial charge in [-0.3, -0.25) is 14.4 Å². The fourth-order valence-corrected chi connectivity index (χ4v) is 6.78. The second-order valence-electron chi connectivity index (χ2n) is 13.1. The highest BCUT2D eigenvalue weighted by molar-refractivity contribution is 6.36. The number of Topliss-reactive ketones (excluding diaryl/α,β-unsaturated/α-hetero) is 3. The number of hydrogen-bond acceptors (Lipinski definition) is 5. The number of ketones is 3. The summed E-state index contributed by atoms with van der Waals surface area (Å²) in [6, 6.07) is 8.74. The molecule has 3 aliphatic rings. The summed E-state index contributed by atoms with van der Waals surface area (Å²) in [5.74, 6) is -0.977. The summed E-state index contributed by atoms with van der Waals surface area (Å²) in [5.41, 5.74) is -2.23. The lowest BCUT2D eigenvalue weighted by atomic mass is 9.39. The van der Waals surface area contributed by atoms with Gasteiger partial charge in [0.2, 0.25) is 0 Å². The molecule has 5 heteroatoms. The zero-order chi connectivity index (χ0) is 28.3. The Balaban J connectivity index is 2.06. The summed E-state index contributed by atoms with van der Waals surface area (Å²) in [7, 11) is 0. The largest absolute Gasteiger partial charge is 0.490 e. The number of hydrogen-bond donors (Lipinski definition) is 1. The molecule has 0 saturated heterocycles. The van der Waals surface area contributed by atoms with Gasteiger partial charge in [0.15, 0.2) is 22.8 Å². The molecule has 1 saturated carbocycles. The molecule has 38 heavy (non-hydrogen) atoms. The van der Waals surface area contributed by atoms with Crippen LogP contribution in [0.2, 0.25) is 0 Å². The van der Waals surface area contributed by atoms with Crippen LogP contribution in [0, 0.1) is 22.2 Å². The van der Waals surface area contributed by atoms with E-state index in [1.165, 1.54) is 0 Å². The number of allylic oxidation sites excluding steroid dienone is 5. The Kier molecular flexibility index (Phi) is 7.01. The summed E-state index contributed by atoms with van der Waals surface area (Å²) in [6.07, 6.45) is 5.14. The molecule has 4 atom stereocenters. The number of fused-ring (bicyclic) bond motifs is 3. The van der Waals surface area contributed by atoms with Crippen molar-refractivity contribution in [2.24, 2.45) is 22.2 Å². The molecule has 0 spiro atoms. The van der Waals surface area contributed by atoms with E-state index >= 15 is 4.79 Å². The quantitative estimate of drug-likeness (QED) is 0.251. The van der Waals surface area contributed by atoms with Crippen molar-refractivity contribution in [3.05, 3.63) is 70.5 Å². The van der Waals surface area contributed by atoms with E-state index < -0.39 is 39.5 Å². The third kappa shape index (κ3) is 4.05. The van der Waals surface area contributed by atoms with Gasteiger partial charge in [0.25, 0.3) is 0 Å². The molecule has 2 aliphatic carbocycles. The molecule has 2 bridgehead atoms. The monoisotopic (exact) mass is 518 g/mol. The third-order valence-corrected chi connectivity index (χ3v) is 9.16. The smallest absolute Gasteiger partial charge is 0.184 e. The molecule has 0 radical (unpaired) electrons. The van der Waals surface area contributed by atoms with Gasteiger partial charge in [-0.2, -0.15) is 0 Å². The molecular weight excluding hydrogens is 476 g/mol. The van der Waals surface area contributed by atoms with Crippen LogP contribution in [0.1, 0.15) is 91.4 Å². The Bertz CT molecular complexity index is 1250. The summed E-state index contributed by atoms with van der Waals surface area (Å²) >= 11 is 0. The van der Waals surface area contributed by atoms with Gasteiger partial charge in [-0.05, 0) is 72.1 Å². The van der Waals surface area contributed by atoms with Gasteiger partial charge in [0.1, 0.15) is 11.9 Å². The minimum Gasteiger partial charge on any atom is -0.490 e. The first-order chi connectivity index (χ1) is 17.6. The maximum Gasteiger partial charge on any atom is 0.184 e. The van der Waals surface area contributed by atoms with Crippen LogP contribution in [-0.4, -0.2) is 34.2 Å². The highest BCUT2D eigenvalue weighted by Gasteiger charge is 2.76. The van der Waals surface area contributed by atoms with Gasteiger partial charge >= 0.3 is 0 Å². The molecule has 1 aromatic rings. The van der Waals surface area contributed by atoms with E-state index in [1.54, 1.807) is 38.1 Å². The Morgan fingerprint density at radius 1 is 1.05 bits per heavy atom. The molecule has 1 heterocycles. The topological polar surface area (TPSA) is 80.7 Å². The van der Waals surface area contributed by atoms with E-state index in [-0.39, 0.29) is 18.1 Å². The van der Waals surface area contributed by atoms with Crippen molar-refractivity contribution in [2.45, 2.75) is 92.8 Å². The van der Waals surface area contributed by atoms with Gasteiger partial charge in [0.05, 0.1) is 11.0 Å². The predicted octanol–water partition coefficient (Wildman–Crippen LogP) is 6.57. The van der Waals surface area contributed by atoms with Crippen molar-refractivity contribution < 1.29 is 24.2 Å². The normalized spacial score (nSPS) is 29.9. The van der Waals surface area contributed by atoms with Crippen LogP contribution in [0.4, 0.5) is 0 Å². The standard InChI is InChI=1S/C33H42O5/c1-20(2)14-15-23-19-32(17-16-21(3)4)28-24(18-25(38-28)31(7,8)37)27(35)33(29(32)36,30(23,5)6)26(34)22-12-10-9-11-13-22/h9-14,16,23,25,37H,15,17-19H2,1-8H3/t23-,25-,32+,33-/m1/s1. The van der Waals surface area contributed by atoms with Crippen molar-refractivity contribution in [3.8, 4) is 0 Å². The van der Waals surface area contributed by atoms with Crippen LogP contribution in [0.15, 0.2) is 65.0 Å². The van der Waals surface area contributed by atoms with Crippen molar-refractivity contribution in [1.82, 2.24) is 0 Å². The first-order valence-electron chi connectivity index (χ1n) is 13.7. The second-order valence-corrected chi connectivity index (χ2v) is 13.1. The zero-order valence-electron chi connectivity index (χ0n) is 24.1. The molecular formula is C33H42O5. The predicted molar refractivity (Wildman–Crippen MR) is 148 cm³/mol. The minimum absolute atomic E-state index is 0.129. The SMILES string of the molecule is CC(C)=CC[C@@H]1C[C@]2(CC=C(C)C)C(=O)[C@@](C(=O)c3ccccc3)(C(=O)C3=C2O[C@@H](C(C)(C)O)C3)C1(C)C. The molecule has 1 fully saturated rings. The van der Waals surface area contributed by atoms with Crippen molar-refractivity contribution in [3.63, 3.8) is 0 Å². The maximum absolute atomic E-state index is 15.0. The summed E-state index contributed by atoms with van der Waals surface area (Å²) in [6.45, 7) is 15.2. The summed E-state index contributed by atoms with van der Waals surface area (Å²) in [5, 5.41) is 10.9. The van der Waals surface area contributed by atoms with Crippen LogP contribution in [0.3, 0.4) is 0 Å². The van der Waals surface area contributed by atoms with E-state index in [0.717, 1.165) is 11.1 Å². The molecule has 5 nitrogen and oxygen atoms in total. The van der Waals surface area contributed by atoms with E-state index in [4.69, 9.17) is 4.74 Å². The molecule has 0 aromatic heterocycles. The van der Waals surface area contributed by atoms with Crippen molar-refractivity contribution in [1.29, 1.82) is 0 Å². The molecule has 0 unspecified atom stereocenters. The van der Waals surface area contributed by atoms with Crippen LogP contribution in [-0.2, 0) is 14.3 Å². The number of carbonyl (C=O) groups is 3. The van der Waals surface area contributed by atoms with Gasteiger partial charge < -0.3 is 9.84 Å². The lowest BCUT2D eigenvalue weighted by Crippen LogP contribution is -2.69. The molecule has 1 aromatic carbocycles. The molecule has 0 amide bonds. The lowest BCUT2D eigenvalue weighted by molar-refractivity contribution is -0.166. The number of ether oxygens (including phenoxy) is 1. The van der Waals surface area contributed by atoms with E-state index in [9.17, 15) is 14.7 Å².